The molecule has 10 nitrogen and oxygen atoms in total. The Morgan fingerprint density at radius 1 is 0.865 bits per heavy atom. The number of ether oxygens (including phenoxy) is 1. The van der Waals surface area contributed by atoms with E-state index in [-0.39, 0.29) is 29.6 Å². The van der Waals surface area contributed by atoms with Crippen molar-refractivity contribution in [2.24, 2.45) is 22.5 Å². The van der Waals surface area contributed by atoms with E-state index in [0.717, 1.165) is 12.8 Å². The second-order valence-electron chi connectivity index (χ2n) is 12.2. The van der Waals surface area contributed by atoms with Crippen LogP contribution in [0.15, 0.2) is 0 Å². The van der Waals surface area contributed by atoms with Crippen molar-refractivity contribution >= 4 is 29.5 Å². The van der Waals surface area contributed by atoms with Crippen LogP contribution in [0.2, 0.25) is 0 Å². The zero-order valence-corrected chi connectivity index (χ0v) is 24.3. The molecule has 0 aromatic carbocycles. The van der Waals surface area contributed by atoms with Gasteiger partial charge in [-0.15, -0.1) is 0 Å². The summed E-state index contributed by atoms with van der Waals surface area (Å²) in [5.74, 6) is -2.88. The Morgan fingerprint density at radius 2 is 1.43 bits per heavy atom. The zero-order valence-electron chi connectivity index (χ0n) is 24.3. The van der Waals surface area contributed by atoms with E-state index < -0.39 is 47.7 Å². The van der Waals surface area contributed by atoms with Crippen LogP contribution in [-0.4, -0.2) is 61.3 Å². The minimum atomic E-state index is -0.949. The molecule has 0 aromatic rings. The van der Waals surface area contributed by atoms with Crippen molar-refractivity contribution in [2.45, 2.75) is 112 Å². The van der Waals surface area contributed by atoms with Crippen molar-refractivity contribution in [3.8, 4) is 0 Å². The molecule has 5 N–H and O–H groups in total. The Balaban J connectivity index is 5.41. The molecule has 214 valence electrons. The molecule has 0 unspecified atom stereocenters. The number of hydrogen-bond donors (Lipinski definition) is 4. The number of nitrogens with two attached hydrogens (primary N) is 1. The number of methoxy groups -OCH3 is 1. The van der Waals surface area contributed by atoms with E-state index in [1.54, 1.807) is 0 Å². The summed E-state index contributed by atoms with van der Waals surface area (Å²) in [5, 5.41) is 7.86. The second kappa shape index (κ2) is 15.7. The van der Waals surface area contributed by atoms with Gasteiger partial charge in [0.25, 0.3) is 0 Å². The van der Waals surface area contributed by atoms with Crippen molar-refractivity contribution in [1.82, 2.24) is 16.0 Å². The maximum Gasteiger partial charge on any atom is 0.325 e. The van der Waals surface area contributed by atoms with Crippen LogP contribution in [0.25, 0.3) is 0 Å². The quantitative estimate of drug-likeness (QED) is 0.238. The molecule has 0 radical (unpaired) electrons. The summed E-state index contributed by atoms with van der Waals surface area (Å²) in [5.41, 5.74) is 5.51. The molecule has 0 heterocycles. The Hall–Kier alpha value is -2.49. The topological polar surface area (TPSA) is 157 Å². The average Bonchev–Trinajstić information content (AvgIpc) is 2.77. The number of esters is 1. The number of carbonyl (C=O) groups is 5. The summed E-state index contributed by atoms with van der Waals surface area (Å²) >= 11 is 0. The summed E-state index contributed by atoms with van der Waals surface area (Å²) in [6.07, 6.45) is 3.10. The van der Waals surface area contributed by atoms with Gasteiger partial charge in [-0.3, -0.25) is 24.0 Å². The molecule has 4 atom stereocenters. The van der Waals surface area contributed by atoms with Crippen LogP contribution in [-0.2, 0) is 28.7 Å². The van der Waals surface area contributed by atoms with E-state index in [0.29, 0.717) is 19.3 Å². The Bertz CT molecular complexity index is 785. The SMILES string of the molecule is CCCC[C@H](N)C(=O)C[C@@H](CC(C)(C)C)C(=O)N[C@H](C)C(=O)N[C@@H](CC(C)(C)C)C(=O)NCC(=O)OC. The number of hydrogen-bond acceptors (Lipinski definition) is 7. The van der Waals surface area contributed by atoms with E-state index in [4.69, 9.17) is 5.73 Å². The first kappa shape index (κ1) is 34.5. The molecule has 0 rings (SSSR count). The smallest absolute Gasteiger partial charge is 0.325 e. The molecule has 3 amide bonds. The van der Waals surface area contributed by atoms with Crippen LogP contribution in [0, 0.1) is 16.7 Å². The van der Waals surface area contributed by atoms with E-state index in [1.807, 2.05) is 48.5 Å². The number of amides is 3. The summed E-state index contributed by atoms with van der Waals surface area (Å²) in [6.45, 7) is 14.9. The van der Waals surface area contributed by atoms with Crippen LogP contribution in [0.5, 0.6) is 0 Å². The summed E-state index contributed by atoms with van der Waals surface area (Å²) in [7, 11) is 1.21. The van der Waals surface area contributed by atoms with Gasteiger partial charge in [0.05, 0.1) is 13.2 Å². The highest BCUT2D eigenvalue weighted by atomic mass is 16.5. The Kier molecular flexibility index (Phi) is 14.6. The molecule has 0 aliphatic heterocycles. The third kappa shape index (κ3) is 15.4. The van der Waals surface area contributed by atoms with E-state index in [9.17, 15) is 24.0 Å². The molecular formula is C27H50N4O6. The fourth-order valence-electron chi connectivity index (χ4n) is 3.85. The highest BCUT2D eigenvalue weighted by Gasteiger charge is 2.32. The Labute approximate surface area is 222 Å². The van der Waals surface area contributed by atoms with Gasteiger partial charge >= 0.3 is 5.97 Å². The zero-order chi connectivity index (χ0) is 29.0. The molecule has 0 aliphatic carbocycles. The lowest BCUT2D eigenvalue weighted by Gasteiger charge is -2.29. The molecule has 0 spiro atoms. The number of Topliss-reactive ketones (excluding diaryl/α,β-unsaturated/α-hetero) is 1. The third-order valence-corrected chi connectivity index (χ3v) is 5.80. The van der Waals surface area contributed by atoms with E-state index in [2.05, 4.69) is 20.7 Å². The van der Waals surface area contributed by atoms with Gasteiger partial charge in [-0.2, -0.15) is 0 Å². The minimum Gasteiger partial charge on any atom is -0.468 e. The maximum absolute atomic E-state index is 13.2. The van der Waals surface area contributed by atoms with Crippen LogP contribution in [0.3, 0.4) is 0 Å². The van der Waals surface area contributed by atoms with Crippen LogP contribution in [0.4, 0.5) is 0 Å². The lowest BCUT2D eigenvalue weighted by Crippen LogP contribution is -2.55. The summed E-state index contributed by atoms with van der Waals surface area (Å²) in [6, 6.07) is -2.48. The Morgan fingerprint density at radius 3 is 1.92 bits per heavy atom. The predicted octanol–water partition coefficient (Wildman–Crippen LogP) is 2.23. The van der Waals surface area contributed by atoms with E-state index >= 15 is 0 Å². The van der Waals surface area contributed by atoms with Gasteiger partial charge in [0, 0.05) is 12.3 Å². The molecule has 0 aliphatic rings. The largest absolute Gasteiger partial charge is 0.468 e. The van der Waals surface area contributed by atoms with Gasteiger partial charge in [-0.05, 0) is 37.0 Å². The second-order valence-corrected chi connectivity index (χ2v) is 12.2. The van der Waals surface area contributed by atoms with Gasteiger partial charge in [0.1, 0.15) is 24.4 Å². The van der Waals surface area contributed by atoms with Crippen molar-refractivity contribution < 1.29 is 28.7 Å². The normalized spacial score (nSPS) is 15.1. The summed E-state index contributed by atoms with van der Waals surface area (Å²) in [4.78, 5) is 62.9. The first-order valence-corrected chi connectivity index (χ1v) is 13.1. The molecule has 0 bridgehead atoms. The molecular weight excluding hydrogens is 476 g/mol. The number of ketones is 1. The molecule has 0 saturated heterocycles. The molecule has 0 fully saturated rings. The van der Waals surface area contributed by atoms with Crippen molar-refractivity contribution in [3.05, 3.63) is 0 Å². The van der Waals surface area contributed by atoms with Crippen LogP contribution in [0.1, 0.15) is 93.9 Å². The van der Waals surface area contributed by atoms with Crippen molar-refractivity contribution in [3.63, 3.8) is 0 Å². The predicted molar refractivity (Wildman–Crippen MR) is 143 cm³/mol. The highest BCUT2D eigenvalue weighted by molar-refractivity contribution is 5.94. The fourth-order valence-corrected chi connectivity index (χ4v) is 3.85. The molecule has 10 heteroatoms. The standard InChI is InChI=1S/C27H50N4O6/c1-10-11-12-19(28)21(32)13-18(14-26(3,4)5)24(35)30-17(2)23(34)31-20(15-27(6,7)8)25(36)29-16-22(33)37-9/h17-20H,10-16,28H2,1-9H3,(H,29,36)(H,30,35)(H,31,34)/t17-,18+,19+,20+/m1/s1. The number of nitrogens with one attached hydrogen (secondary N) is 3. The molecule has 0 aromatic heterocycles. The van der Waals surface area contributed by atoms with Crippen LogP contribution < -0.4 is 21.7 Å². The highest BCUT2D eigenvalue weighted by Crippen LogP contribution is 2.27. The van der Waals surface area contributed by atoms with Gasteiger partial charge in [0.2, 0.25) is 17.7 Å². The van der Waals surface area contributed by atoms with Crippen LogP contribution >= 0.6 is 0 Å². The number of carbonyl (C=O) groups excluding carboxylic acids is 5. The molecule has 0 saturated carbocycles. The fraction of sp³-hybridized carbons (Fsp3) is 0.815. The van der Waals surface area contributed by atoms with Gasteiger partial charge < -0.3 is 26.4 Å². The average molecular weight is 527 g/mol. The number of rotatable bonds is 15. The third-order valence-electron chi connectivity index (χ3n) is 5.80. The van der Waals surface area contributed by atoms with Crippen molar-refractivity contribution in [2.75, 3.05) is 13.7 Å². The van der Waals surface area contributed by atoms with Gasteiger partial charge in [0.15, 0.2) is 0 Å². The van der Waals surface area contributed by atoms with Gasteiger partial charge in [-0.25, -0.2) is 0 Å². The lowest BCUT2D eigenvalue weighted by atomic mass is 9.81. The summed E-state index contributed by atoms with van der Waals surface area (Å²) < 4.78 is 4.54. The van der Waals surface area contributed by atoms with E-state index in [1.165, 1.54) is 14.0 Å². The van der Waals surface area contributed by atoms with Gasteiger partial charge in [-0.1, -0.05) is 61.3 Å². The first-order chi connectivity index (χ1) is 16.9. The maximum atomic E-state index is 13.2. The lowest BCUT2D eigenvalue weighted by molar-refractivity contribution is -0.141. The van der Waals surface area contributed by atoms with Crippen molar-refractivity contribution in [1.29, 1.82) is 0 Å². The first-order valence-electron chi connectivity index (χ1n) is 13.1. The molecule has 37 heavy (non-hydrogen) atoms. The minimum absolute atomic E-state index is 0.00487. The monoisotopic (exact) mass is 526 g/mol. The number of unbranched alkanes of at least 4 members (excludes halogenated alkanes) is 1.